The Kier molecular flexibility index (Phi) is 8.78. The minimum atomic E-state index is -0.734. The minimum absolute atomic E-state index is 0.0496. The number of fused-ring (bicyclic) bond motifs is 1. The predicted molar refractivity (Wildman–Crippen MR) is 179 cm³/mol. The van der Waals surface area contributed by atoms with Gasteiger partial charge in [0.1, 0.15) is 23.7 Å². The van der Waals surface area contributed by atoms with Crippen molar-refractivity contribution in [2.75, 3.05) is 42.5 Å². The van der Waals surface area contributed by atoms with E-state index in [4.69, 9.17) is 4.98 Å². The summed E-state index contributed by atoms with van der Waals surface area (Å²) < 4.78 is 33.6. The van der Waals surface area contributed by atoms with Gasteiger partial charge >= 0.3 is 5.69 Å². The van der Waals surface area contributed by atoms with Crippen LogP contribution in [0.1, 0.15) is 70.7 Å². The molecule has 4 aromatic rings. The number of carbonyl (C=O) groups excluding carboxylic acids is 1. The summed E-state index contributed by atoms with van der Waals surface area (Å²) in [7, 11) is 0. The lowest BCUT2D eigenvalue weighted by Crippen LogP contribution is -2.54. The maximum atomic E-state index is 16.5. The highest BCUT2D eigenvalue weighted by Gasteiger charge is 2.32. The van der Waals surface area contributed by atoms with E-state index in [0.717, 1.165) is 25.9 Å². The molecule has 0 N–H and O–H groups in total. The smallest absolute Gasteiger partial charge is 0.355 e. The van der Waals surface area contributed by atoms with E-state index in [-0.39, 0.29) is 51.9 Å². The first-order chi connectivity index (χ1) is 22.5. The van der Waals surface area contributed by atoms with Gasteiger partial charge in [-0.05, 0) is 55.9 Å². The predicted octanol–water partition coefficient (Wildman–Crippen LogP) is 5.59. The van der Waals surface area contributed by atoms with Crippen molar-refractivity contribution >= 4 is 28.4 Å². The Morgan fingerprint density at radius 1 is 0.979 bits per heavy atom. The van der Waals surface area contributed by atoms with Gasteiger partial charge in [-0.3, -0.25) is 4.79 Å². The third kappa shape index (κ3) is 5.74. The number of rotatable bonds is 7. The lowest BCUT2D eigenvalue weighted by Gasteiger charge is -2.40. The van der Waals surface area contributed by atoms with Crippen LogP contribution in [0.2, 0.25) is 0 Å². The SMILES string of the molecule is C=CC(=O)N1CCN(c2nc(=O)n(-c3c(C(C)C)ncnc3C(C)C)c3nc(-c4c(F)cccc4N4CCCC4)c(F)cc23)[C@@H](C)C1. The molecule has 0 unspecified atom stereocenters. The molecule has 6 rings (SSSR count). The Bertz CT molecular complexity index is 1890. The number of amides is 1. The van der Waals surface area contributed by atoms with Gasteiger partial charge in [-0.1, -0.05) is 40.3 Å². The van der Waals surface area contributed by atoms with Crippen LogP contribution in [0.5, 0.6) is 0 Å². The van der Waals surface area contributed by atoms with Gasteiger partial charge in [-0.25, -0.2) is 33.1 Å². The third-order valence-electron chi connectivity index (χ3n) is 9.06. The highest BCUT2D eigenvalue weighted by atomic mass is 19.1. The van der Waals surface area contributed by atoms with Crippen LogP contribution in [0.3, 0.4) is 0 Å². The second-order valence-electron chi connectivity index (χ2n) is 12.9. The number of anilines is 2. The molecular weight excluding hydrogens is 602 g/mol. The van der Waals surface area contributed by atoms with Crippen LogP contribution < -0.4 is 15.5 Å². The van der Waals surface area contributed by atoms with Crippen molar-refractivity contribution in [3.8, 4) is 16.9 Å². The van der Waals surface area contributed by atoms with Crippen molar-refractivity contribution in [2.24, 2.45) is 0 Å². The summed E-state index contributed by atoms with van der Waals surface area (Å²) in [6.07, 6.45) is 4.66. The number of aromatic nitrogens is 5. The van der Waals surface area contributed by atoms with Gasteiger partial charge in [-0.15, -0.1) is 0 Å². The lowest BCUT2D eigenvalue weighted by molar-refractivity contribution is -0.126. The molecule has 0 spiro atoms. The van der Waals surface area contributed by atoms with Crippen LogP contribution in [0.4, 0.5) is 20.3 Å². The van der Waals surface area contributed by atoms with E-state index in [1.54, 1.807) is 17.0 Å². The first kappa shape index (κ1) is 32.2. The molecule has 2 saturated heterocycles. The average molecular weight is 643 g/mol. The Labute approximate surface area is 272 Å². The van der Waals surface area contributed by atoms with E-state index in [2.05, 4.69) is 21.5 Å². The van der Waals surface area contributed by atoms with Crippen LogP contribution in [-0.4, -0.2) is 74.1 Å². The monoisotopic (exact) mass is 642 g/mol. The van der Waals surface area contributed by atoms with Gasteiger partial charge < -0.3 is 14.7 Å². The molecule has 1 atom stereocenters. The van der Waals surface area contributed by atoms with Crippen molar-refractivity contribution in [3.05, 3.63) is 76.8 Å². The average Bonchev–Trinajstić information content (AvgIpc) is 3.59. The Hall–Kier alpha value is -4.74. The largest absolute Gasteiger partial charge is 0.371 e. The Balaban J connectivity index is 1.67. The molecule has 2 aliphatic rings. The number of benzene rings is 1. The zero-order valence-corrected chi connectivity index (χ0v) is 27.5. The molecule has 2 aliphatic heterocycles. The second-order valence-corrected chi connectivity index (χ2v) is 12.9. The highest BCUT2D eigenvalue weighted by Crippen LogP contribution is 2.39. The first-order valence-corrected chi connectivity index (χ1v) is 16.2. The van der Waals surface area contributed by atoms with E-state index in [9.17, 15) is 9.59 Å². The molecule has 0 aliphatic carbocycles. The number of nitrogens with zero attached hydrogens (tertiary/aromatic N) is 8. The molecule has 2 fully saturated rings. The zero-order valence-electron chi connectivity index (χ0n) is 27.5. The fraction of sp³-hybridized carbons (Fsp3) is 0.429. The van der Waals surface area contributed by atoms with Crippen LogP contribution in [0.15, 0.2) is 48.0 Å². The van der Waals surface area contributed by atoms with Gasteiger partial charge in [0.15, 0.2) is 11.5 Å². The quantitative estimate of drug-likeness (QED) is 0.241. The molecule has 246 valence electrons. The lowest BCUT2D eigenvalue weighted by atomic mass is 10.0. The molecular formula is C35H40F2N8O2. The molecule has 0 bridgehead atoms. The van der Waals surface area contributed by atoms with Crippen LogP contribution in [0.25, 0.3) is 28.0 Å². The summed E-state index contributed by atoms with van der Waals surface area (Å²) in [5.74, 6) is -1.48. The van der Waals surface area contributed by atoms with Gasteiger partial charge in [0.05, 0.1) is 28.0 Å². The Morgan fingerprint density at radius 2 is 1.66 bits per heavy atom. The summed E-state index contributed by atoms with van der Waals surface area (Å²) in [5.41, 5.74) is 1.58. The van der Waals surface area contributed by atoms with Crippen molar-refractivity contribution < 1.29 is 13.6 Å². The summed E-state index contributed by atoms with van der Waals surface area (Å²) >= 11 is 0. The maximum absolute atomic E-state index is 16.5. The topological polar surface area (TPSA) is 100 Å². The fourth-order valence-corrected chi connectivity index (χ4v) is 6.75. The summed E-state index contributed by atoms with van der Waals surface area (Å²) in [5, 5.41) is 0.286. The van der Waals surface area contributed by atoms with Crippen molar-refractivity contribution in [1.82, 2.24) is 29.4 Å². The number of pyridine rings is 1. The van der Waals surface area contributed by atoms with Gasteiger partial charge in [0.2, 0.25) is 5.91 Å². The number of hydrogen-bond acceptors (Lipinski definition) is 8. The van der Waals surface area contributed by atoms with Crippen LogP contribution >= 0.6 is 0 Å². The molecule has 3 aromatic heterocycles. The zero-order chi connectivity index (χ0) is 33.6. The maximum Gasteiger partial charge on any atom is 0.355 e. The van der Waals surface area contributed by atoms with E-state index < -0.39 is 17.3 Å². The molecule has 0 radical (unpaired) electrons. The van der Waals surface area contributed by atoms with E-state index >= 15 is 8.78 Å². The van der Waals surface area contributed by atoms with E-state index in [1.165, 1.54) is 29.1 Å². The molecule has 5 heterocycles. The molecule has 0 saturated carbocycles. The van der Waals surface area contributed by atoms with Crippen molar-refractivity contribution in [2.45, 2.75) is 65.3 Å². The van der Waals surface area contributed by atoms with E-state index in [1.807, 2.05) is 44.4 Å². The molecule has 1 aromatic carbocycles. The van der Waals surface area contributed by atoms with Gasteiger partial charge in [0.25, 0.3) is 0 Å². The number of hydrogen-bond donors (Lipinski definition) is 0. The standard InChI is InChI=1S/C35H40F2N8O2/c1-7-27(46)43-15-16-44(22(6)18-43)33-23-17-25(37)31(28-24(36)11-10-12-26(28)42-13-8-9-14-42)40-34(23)45(35(47)41-33)32-29(20(2)3)38-19-39-30(32)21(4)5/h7,10-12,17,19-22H,1,8-9,13-16,18H2,2-6H3/t22-/m0/s1. The Morgan fingerprint density at radius 3 is 2.28 bits per heavy atom. The minimum Gasteiger partial charge on any atom is -0.371 e. The van der Waals surface area contributed by atoms with Gasteiger partial charge in [-0.2, -0.15) is 4.98 Å². The fourth-order valence-electron chi connectivity index (χ4n) is 6.75. The summed E-state index contributed by atoms with van der Waals surface area (Å²) in [4.78, 5) is 50.8. The molecule has 10 nitrogen and oxygen atoms in total. The number of carbonyl (C=O) groups is 1. The number of halogens is 2. The summed E-state index contributed by atoms with van der Waals surface area (Å²) in [6, 6.07) is 5.75. The van der Waals surface area contributed by atoms with Crippen LogP contribution in [0, 0.1) is 11.6 Å². The number of piperazine rings is 1. The van der Waals surface area contributed by atoms with Gasteiger partial charge in [0, 0.05) is 44.5 Å². The molecule has 1 amide bonds. The third-order valence-corrected chi connectivity index (χ3v) is 9.06. The molecule has 12 heteroatoms. The first-order valence-electron chi connectivity index (χ1n) is 16.2. The second kappa shape index (κ2) is 12.8. The highest BCUT2D eigenvalue weighted by molar-refractivity contribution is 5.92. The molecule has 47 heavy (non-hydrogen) atoms. The van der Waals surface area contributed by atoms with E-state index in [0.29, 0.717) is 42.4 Å². The summed E-state index contributed by atoms with van der Waals surface area (Å²) in [6.45, 7) is 15.9. The van der Waals surface area contributed by atoms with Crippen molar-refractivity contribution in [3.63, 3.8) is 0 Å². The van der Waals surface area contributed by atoms with Crippen molar-refractivity contribution in [1.29, 1.82) is 0 Å². The normalized spacial score (nSPS) is 17.0. The van der Waals surface area contributed by atoms with Crippen LogP contribution in [-0.2, 0) is 4.79 Å².